The first-order valence-corrected chi connectivity index (χ1v) is 10.7. The van der Waals surface area contributed by atoms with Crippen LogP contribution in [0.2, 0.25) is 0 Å². The van der Waals surface area contributed by atoms with E-state index in [9.17, 15) is 14.4 Å². The molecule has 5 rings (SSSR count). The van der Waals surface area contributed by atoms with Gasteiger partial charge in [0, 0.05) is 17.3 Å². The standard InChI is InChI=1S/C27H21N3O4/c1-15-23(17-7-6-8-19(13-17)27(33)34-3)22-9-4-5-12-30(22)24(15)25(31)18-10-11-21-20(14-18)26(32)29-16(2)28-21/h4-14H,1-3H3,(H,28,29,32). The van der Waals surface area contributed by atoms with Gasteiger partial charge in [0.1, 0.15) is 5.82 Å². The fraction of sp³-hybridized carbons (Fsp3) is 0.111. The van der Waals surface area contributed by atoms with Crippen LogP contribution in [0.1, 0.15) is 37.8 Å². The average Bonchev–Trinajstić information content (AvgIpc) is 3.14. The van der Waals surface area contributed by atoms with Gasteiger partial charge in [0.25, 0.3) is 5.56 Å². The van der Waals surface area contributed by atoms with Gasteiger partial charge in [-0.05, 0) is 67.4 Å². The zero-order valence-electron chi connectivity index (χ0n) is 18.9. The molecule has 0 aliphatic heterocycles. The Bertz CT molecular complexity index is 1680. The number of pyridine rings is 1. The molecule has 0 fully saturated rings. The van der Waals surface area contributed by atoms with Crippen molar-refractivity contribution in [3.63, 3.8) is 0 Å². The highest BCUT2D eigenvalue weighted by atomic mass is 16.5. The number of aromatic amines is 1. The molecule has 0 spiro atoms. The van der Waals surface area contributed by atoms with Crippen molar-refractivity contribution in [2.45, 2.75) is 13.8 Å². The number of hydrogen-bond acceptors (Lipinski definition) is 5. The summed E-state index contributed by atoms with van der Waals surface area (Å²) in [6.07, 6.45) is 1.84. The average molecular weight is 451 g/mol. The van der Waals surface area contributed by atoms with Crippen LogP contribution < -0.4 is 5.56 Å². The highest BCUT2D eigenvalue weighted by molar-refractivity contribution is 6.13. The summed E-state index contributed by atoms with van der Waals surface area (Å²) in [6, 6.07) is 17.8. The summed E-state index contributed by atoms with van der Waals surface area (Å²) in [7, 11) is 1.34. The lowest BCUT2D eigenvalue weighted by Crippen LogP contribution is -2.12. The lowest BCUT2D eigenvalue weighted by atomic mass is 9.97. The van der Waals surface area contributed by atoms with E-state index in [2.05, 4.69) is 9.97 Å². The molecule has 0 saturated carbocycles. The second kappa shape index (κ2) is 8.12. The van der Waals surface area contributed by atoms with Gasteiger partial charge in [-0.2, -0.15) is 0 Å². The lowest BCUT2D eigenvalue weighted by molar-refractivity contribution is 0.0600. The van der Waals surface area contributed by atoms with Crippen molar-refractivity contribution in [3.05, 3.63) is 105 Å². The van der Waals surface area contributed by atoms with E-state index in [0.717, 1.165) is 22.2 Å². The van der Waals surface area contributed by atoms with Crippen molar-refractivity contribution in [3.8, 4) is 11.1 Å². The number of ether oxygens (including phenoxy) is 1. The van der Waals surface area contributed by atoms with E-state index in [4.69, 9.17) is 4.74 Å². The normalized spacial score (nSPS) is 11.1. The number of carbonyl (C=O) groups excluding carboxylic acids is 2. The van der Waals surface area contributed by atoms with E-state index < -0.39 is 5.97 Å². The molecule has 0 aliphatic rings. The number of fused-ring (bicyclic) bond motifs is 2. The number of aryl methyl sites for hydroxylation is 1. The Labute approximate surface area is 194 Å². The Kier molecular flexibility index (Phi) is 5.09. The highest BCUT2D eigenvalue weighted by Crippen LogP contribution is 2.34. The number of esters is 1. The molecule has 0 amide bonds. The summed E-state index contributed by atoms with van der Waals surface area (Å²) in [5, 5.41) is 0.362. The van der Waals surface area contributed by atoms with Crippen LogP contribution in [-0.4, -0.2) is 33.2 Å². The Balaban J connectivity index is 1.71. The van der Waals surface area contributed by atoms with Crippen LogP contribution >= 0.6 is 0 Å². The quantitative estimate of drug-likeness (QED) is 0.321. The van der Waals surface area contributed by atoms with Crippen molar-refractivity contribution >= 4 is 28.2 Å². The molecule has 2 aromatic carbocycles. The number of ketones is 1. The smallest absolute Gasteiger partial charge is 0.337 e. The molecule has 0 bridgehead atoms. The molecule has 0 saturated heterocycles. The highest BCUT2D eigenvalue weighted by Gasteiger charge is 2.23. The van der Waals surface area contributed by atoms with E-state index >= 15 is 0 Å². The number of hydrogen-bond donors (Lipinski definition) is 1. The molecule has 3 heterocycles. The molecule has 0 atom stereocenters. The van der Waals surface area contributed by atoms with Gasteiger partial charge in [-0.25, -0.2) is 9.78 Å². The van der Waals surface area contributed by atoms with Crippen LogP contribution in [-0.2, 0) is 4.74 Å². The second-order valence-corrected chi connectivity index (χ2v) is 8.09. The van der Waals surface area contributed by atoms with E-state index in [1.807, 2.05) is 41.8 Å². The summed E-state index contributed by atoms with van der Waals surface area (Å²) in [6.45, 7) is 3.60. The summed E-state index contributed by atoms with van der Waals surface area (Å²) in [5.74, 6) is -0.121. The lowest BCUT2D eigenvalue weighted by Gasteiger charge is -2.06. The first-order valence-electron chi connectivity index (χ1n) is 10.7. The summed E-state index contributed by atoms with van der Waals surface area (Å²) < 4.78 is 6.71. The third kappa shape index (κ3) is 3.38. The summed E-state index contributed by atoms with van der Waals surface area (Å²) in [4.78, 5) is 45.3. The molecule has 7 nitrogen and oxygen atoms in total. The number of rotatable bonds is 4. The minimum Gasteiger partial charge on any atom is -0.465 e. The van der Waals surface area contributed by atoms with Crippen molar-refractivity contribution in [1.29, 1.82) is 0 Å². The van der Waals surface area contributed by atoms with Gasteiger partial charge in [0.05, 0.1) is 34.8 Å². The minimum absolute atomic E-state index is 0.212. The summed E-state index contributed by atoms with van der Waals surface area (Å²) >= 11 is 0. The molecule has 0 radical (unpaired) electrons. The summed E-state index contributed by atoms with van der Waals surface area (Å²) in [5.41, 5.74) is 4.83. The van der Waals surface area contributed by atoms with Crippen molar-refractivity contribution < 1.29 is 14.3 Å². The van der Waals surface area contributed by atoms with Gasteiger partial charge < -0.3 is 14.1 Å². The Morgan fingerprint density at radius 3 is 2.59 bits per heavy atom. The van der Waals surface area contributed by atoms with Crippen LogP contribution in [0.5, 0.6) is 0 Å². The van der Waals surface area contributed by atoms with E-state index in [1.54, 1.807) is 43.3 Å². The molecule has 7 heteroatoms. The maximum Gasteiger partial charge on any atom is 0.337 e. The molecule has 3 aromatic heterocycles. The van der Waals surface area contributed by atoms with Gasteiger partial charge in [0.2, 0.25) is 5.78 Å². The van der Waals surface area contributed by atoms with Crippen molar-refractivity contribution in [1.82, 2.24) is 14.4 Å². The number of aromatic nitrogens is 3. The largest absolute Gasteiger partial charge is 0.465 e. The number of carbonyl (C=O) groups is 2. The Morgan fingerprint density at radius 1 is 0.971 bits per heavy atom. The first kappa shape index (κ1) is 21.3. The van der Waals surface area contributed by atoms with Gasteiger partial charge in [-0.3, -0.25) is 9.59 Å². The number of nitrogens with zero attached hydrogens (tertiary/aromatic N) is 2. The van der Waals surface area contributed by atoms with Crippen LogP contribution in [0.25, 0.3) is 27.5 Å². The fourth-order valence-corrected chi connectivity index (χ4v) is 4.43. The zero-order chi connectivity index (χ0) is 24.0. The number of benzene rings is 2. The second-order valence-electron chi connectivity index (χ2n) is 8.09. The topological polar surface area (TPSA) is 93.5 Å². The molecule has 0 aliphatic carbocycles. The predicted molar refractivity (Wildman–Crippen MR) is 129 cm³/mol. The molecular formula is C27H21N3O4. The molecule has 1 N–H and O–H groups in total. The molecule has 168 valence electrons. The van der Waals surface area contributed by atoms with Crippen molar-refractivity contribution in [2.75, 3.05) is 7.11 Å². The van der Waals surface area contributed by atoms with E-state index in [1.165, 1.54) is 7.11 Å². The van der Waals surface area contributed by atoms with Crippen LogP contribution in [0.3, 0.4) is 0 Å². The Hall–Kier alpha value is -4.52. The van der Waals surface area contributed by atoms with Gasteiger partial charge >= 0.3 is 5.97 Å². The van der Waals surface area contributed by atoms with E-state index in [-0.39, 0.29) is 11.3 Å². The minimum atomic E-state index is -0.426. The molecule has 0 unspecified atom stereocenters. The first-order chi connectivity index (χ1) is 16.4. The maximum atomic E-state index is 13.7. The third-order valence-corrected chi connectivity index (χ3v) is 5.96. The SMILES string of the molecule is COC(=O)c1cccc(-c2c(C)c(C(=O)c3ccc4nc(C)[nH]c(=O)c4c3)n3ccccc23)c1. The van der Waals surface area contributed by atoms with Crippen molar-refractivity contribution in [2.24, 2.45) is 0 Å². The number of H-pyrrole nitrogens is 1. The monoisotopic (exact) mass is 451 g/mol. The number of methoxy groups -OCH3 is 1. The fourth-order valence-electron chi connectivity index (χ4n) is 4.43. The van der Waals surface area contributed by atoms with Crippen LogP contribution in [0.4, 0.5) is 0 Å². The van der Waals surface area contributed by atoms with Crippen LogP contribution in [0, 0.1) is 13.8 Å². The van der Waals surface area contributed by atoms with Gasteiger partial charge in [-0.15, -0.1) is 0 Å². The van der Waals surface area contributed by atoms with E-state index in [0.29, 0.717) is 33.5 Å². The van der Waals surface area contributed by atoms with Gasteiger partial charge in [0.15, 0.2) is 0 Å². The number of nitrogens with one attached hydrogen (secondary N) is 1. The maximum absolute atomic E-state index is 13.7. The van der Waals surface area contributed by atoms with Gasteiger partial charge in [-0.1, -0.05) is 18.2 Å². The third-order valence-electron chi connectivity index (χ3n) is 5.96. The molecular weight excluding hydrogens is 430 g/mol. The van der Waals surface area contributed by atoms with Crippen LogP contribution in [0.15, 0.2) is 71.7 Å². The zero-order valence-corrected chi connectivity index (χ0v) is 18.9. The molecule has 34 heavy (non-hydrogen) atoms. The molecule has 5 aromatic rings. The Morgan fingerprint density at radius 2 is 1.79 bits per heavy atom. The predicted octanol–water partition coefficient (Wildman–Crippen LogP) is 4.48.